The van der Waals surface area contributed by atoms with Crippen molar-refractivity contribution in [2.75, 3.05) is 5.32 Å². The molecule has 94 valence electrons. The summed E-state index contributed by atoms with van der Waals surface area (Å²) in [5.41, 5.74) is 3.38. The predicted molar refractivity (Wildman–Crippen MR) is 69.6 cm³/mol. The van der Waals surface area contributed by atoms with Crippen molar-refractivity contribution in [1.29, 1.82) is 5.26 Å². The number of hydrogen-bond donors (Lipinski definition) is 2. The Balaban J connectivity index is 2.18. The highest BCUT2D eigenvalue weighted by atomic mass is 16.1. The zero-order chi connectivity index (χ0) is 13.4. The number of H-pyrrole nitrogens is 1. The Bertz CT molecular complexity index is 696. The molecule has 5 nitrogen and oxygen atoms in total. The third-order valence-corrected chi connectivity index (χ3v) is 3.45. The molecule has 1 atom stereocenters. The number of carbonyl (C=O) groups is 1. The Morgan fingerprint density at radius 1 is 1.42 bits per heavy atom. The smallest absolute Gasteiger partial charge is 0.226 e. The van der Waals surface area contributed by atoms with Gasteiger partial charge in [-0.1, -0.05) is 18.2 Å². The first-order valence-corrected chi connectivity index (χ1v) is 6.04. The summed E-state index contributed by atoms with van der Waals surface area (Å²) in [5.74, 6) is 0.390. The number of fused-ring (bicyclic) bond motifs is 1. The van der Waals surface area contributed by atoms with Crippen molar-refractivity contribution >= 4 is 11.7 Å². The van der Waals surface area contributed by atoms with E-state index in [0.29, 0.717) is 17.8 Å². The standard InChI is InChI=1S/C14H12N4O/c1-8-13-11(6-12(19)16-14(13)18-17-8)10-5-3-2-4-9(10)7-15/h2-5,11H,6H2,1H3,(H2,16,17,18,19). The van der Waals surface area contributed by atoms with Crippen molar-refractivity contribution in [2.45, 2.75) is 19.3 Å². The molecule has 2 heterocycles. The number of carbonyl (C=O) groups excluding carboxylic acids is 1. The molecule has 1 aliphatic rings. The van der Waals surface area contributed by atoms with Gasteiger partial charge in [0, 0.05) is 23.6 Å². The van der Waals surface area contributed by atoms with Crippen LogP contribution in [0.3, 0.4) is 0 Å². The monoisotopic (exact) mass is 252 g/mol. The number of aromatic amines is 1. The van der Waals surface area contributed by atoms with Gasteiger partial charge in [0.05, 0.1) is 11.6 Å². The van der Waals surface area contributed by atoms with E-state index < -0.39 is 0 Å². The van der Waals surface area contributed by atoms with Gasteiger partial charge in [0.1, 0.15) is 0 Å². The SMILES string of the molecule is Cc1[nH]nc2c1C(c1ccccc1C#N)CC(=O)N2. The van der Waals surface area contributed by atoms with E-state index in [9.17, 15) is 10.1 Å². The van der Waals surface area contributed by atoms with Gasteiger partial charge in [0.25, 0.3) is 0 Å². The average molecular weight is 252 g/mol. The van der Waals surface area contributed by atoms with Crippen LogP contribution in [-0.2, 0) is 4.79 Å². The molecule has 1 aromatic carbocycles. The first-order valence-electron chi connectivity index (χ1n) is 6.04. The Kier molecular flexibility index (Phi) is 2.57. The van der Waals surface area contributed by atoms with Gasteiger partial charge in [-0.05, 0) is 18.6 Å². The molecule has 0 saturated heterocycles. The number of aromatic nitrogens is 2. The average Bonchev–Trinajstić information content (AvgIpc) is 2.79. The third-order valence-electron chi connectivity index (χ3n) is 3.45. The Morgan fingerprint density at radius 3 is 3.00 bits per heavy atom. The van der Waals surface area contributed by atoms with Crippen LogP contribution in [0.4, 0.5) is 5.82 Å². The van der Waals surface area contributed by atoms with Crippen LogP contribution < -0.4 is 5.32 Å². The molecule has 1 amide bonds. The number of benzene rings is 1. The van der Waals surface area contributed by atoms with Crippen LogP contribution in [0.5, 0.6) is 0 Å². The molecular formula is C14H12N4O. The number of hydrogen-bond acceptors (Lipinski definition) is 3. The number of anilines is 1. The molecule has 3 rings (SSSR count). The van der Waals surface area contributed by atoms with E-state index in [1.165, 1.54) is 0 Å². The van der Waals surface area contributed by atoms with Crippen molar-refractivity contribution in [1.82, 2.24) is 10.2 Å². The van der Waals surface area contributed by atoms with E-state index in [-0.39, 0.29) is 11.8 Å². The number of rotatable bonds is 1. The van der Waals surface area contributed by atoms with Gasteiger partial charge in [-0.25, -0.2) is 0 Å². The normalized spacial score (nSPS) is 17.5. The van der Waals surface area contributed by atoms with Crippen molar-refractivity contribution in [3.05, 3.63) is 46.6 Å². The molecule has 19 heavy (non-hydrogen) atoms. The lowest BCUT2D eigenvalue weighted by molar-refractivity contribution is -0.116. The highest BCUT2D eigenvalue weighted by Crippen LogP contribution is 2.38. The van der Waals surface area contributed by atoms with E-state index in [1.807, 2.05) is 25.1 Å². The van der Waals surface area contributed by atoms with Gasteiger partial charge < -0.3 is 5.32 Å². The minimum absolute atomic E-state index is 0.0725. The van der Waals surface area contributed by atoms with Crippen molar-refractivity contribution in [3.8, 4) is 6.07 Å². The van der Waals surface area contributed by atoms with Crippen LogP contribution >= 0.6 is 0 Å². The first-order chi connectivity index (χ1) is 9.20. The highest BCUT2D eigenvalue weighted by molar-refractivity contribution is 5.94. The Labute approximate surface area is 110 Å². The quantitative estimate of drug-likeness (QED) is 0.815. The Hall–Kier alpha value is -2.61. The van der Waals surface area contributed by atoms with Crippen molar-refractivity contribution in [2.24, 2.45) is 0 Å². The molecule has 0 fully saturated rings. The lowest BCUT2D eigenvalue weighted by Gasteiger charge is -2.23. The summed E-state index contributed by atoms with van der Waals surface area (Å²) in [7, 11) is 0. The van der Waals surface area contributed by atoms with E-state index in [2.05, 4.69) is 21.6 Å². The van der Waals surface area contributed by atoms with Gasteiger partial charge in [-0.15, -0.1) is 0 Å². The maximum atomic E-state index is 11.8. The Morgan fingerprint density at radius 2 is 2.21 bits per heavy atom. The molecule has 0 saturated carbocycles. The fraction of sp³-hybridized carbons (Fsp3) is 0.214. The summed E-state index contributed by atoms with van der Waals surface area (Å²) in [4.78, 5) is 11.8. The maximum absolute atomic E-state index is 11.8. The number of nitriles is 1. The zero-order valence-corrected chi connectivity index (χ0v) is 10.4. The molecule has 1 aromatic heterocycles. The number of aryl methyl sites for hydroxylation is 1. The fourth-order valence-electron chi connectivity index (χ4n) is 2.60. The van der Waals surface area contributed by atoms with Crippen LogP contribution in [-0.4, -0.2) is 16.1 Å². The number of amides is 1. The van der Waals surface area contributed by atoms with Crippen LogP contribution in [0.15, 0.2) is 24.3 Å². The summed E-state index contributed by atoms with van der Waals surface area (Å²) in [6.07, 6.45) is 0.339. The van der Waals surface area contributed by atoms with E-state index in [1.54, 1.807) is 6.07 Å². The van der Waals surface area contributed by atoms with Gasteiger partial charge in [-0.2, -0.15) is 10.4 Å². The fourth-order valence-corrected chi connectivity index (χ4v) is 2.60. The van der Waals surface area contributed by atoms with E-state index >= 15 is 0 Å². The van der Waals surface area contributed by atoms with Gasteiger partial charge in [-0.3, -0.25) is 9.89 Å². The molecular weight excluding hydrogens is 240 g/mol. The minimum Gasteiger partial charge on any atom is -0.309 e. The zero-order valence-electron chi connectivity index (χ0n) is 10.4. The van der Waals surface area contributed by atoms with E-state index in [0.717, 1.165) is 16.8 Å². The molecule has 2 aromatic rings. The molecule has 2 N–H and O–H groups in total. The van der Waals surface area contributed by atoms with Crippen LogP contribution in [0.25, 0.3) is 0 Å². The lowest BCUT2D eigenvalue weighted by atomic mass is 9.84. The van der Waals surface area contributed by atoms with Gasteiger partial charge >= 0.3 is 0 Å². The minimum atomic E-state index is -0.113. The van der Waals surface area contributed by atoms with Crippen LogP contribution in [0.1, 0.15) is 34.7 Å². The lowest BCUT2D eigenvalue weighted by Crippen LogP contribution is -2.23. The first kappa shape index (κ1) is 11.5. The molecule has 1 unspecified atom stereocenters. The largest absolute Gasteiger partial charge is 0.309 e. The summed E-state index contributed by atoms with van der Waals surface area (Å²) in [5, 5.41) is 18.9. The van der Waals surface area contributed by atoms with Crippen LogP contribution in [0, 0.1) is 18.3 Å². The second-order valence-electron chi connectivity index (χ2n) is 4.61. The van der Waals surface area contributed by atoms with Gasteiger partial charge in [0.15, 0.2) is 5.82 Å². The predicted octanol–water partition coefficient (Wildman–Crippen LogP) is 2.06. The summed E-state index contributed by atoms with van der Waals surface area (Å²) < 4.78 is 0. The molecule has 0 radical (unpaired) electrons. The maximum Gasteiger partial charge on any atom is 0.226 e. The second kappa shape index (κ2) is 4.25. The van der Waals surface area contributed by atoms with Crippen molar-refractivity contribution < 1.29 is 4.79 Å². The van der Waals surface area contributed by atoms with Gasteiger partial charge in [0.2, 0.25) is 5.91 Å². The molecule has 0 aliphatic carbocycles. The van der Waals surface area contributed by atoms with Crippen LogP contribution in [0.2, 0.25) is 0 Å². The summed E-state index contributed by atoms with van der Waals surface area (Å²) >= 11 is 0. The topological polar surface area (TPSA) is 81.6 Å². The molecule has 5 heteroatoms. The molecule has 1 aliphatic heterocycles. The summed E-state index contributed by atoms with van der Waals surface area (Å²) in [6, 6.07) is 9.58. The number of nitrogens with one attached hydrogen (secondary N) is 2. The third kappa shape index (κ3) is 1.78. The number of nitrogens with zero attached hydrogens (tertiary/aromatic N) is 2. The highest BCUT2D eigenvalue weighted by Gasteiger charge is 2.31. The van der Waals surface area contributed by atoms with Crippen molar-refractivity contribution in [3.63, 3.8) is 0 Å². The molecule has 0 spiro atoms. The molecule has 0 bridgehead atoms. The second-order valence-corrected chi connectivity index (χ2v) is 4.61. The summed E-state index contributed by atoms with van der Waals surface area (Å²) in [6.45, 7) is 1.92. The van der Waals surface area contributed by atoms with E-state index in [4.69, 9.17) is 0 Å².